The van der Waals surface area contributed by atoms with Crippen LogP contribution >= 0.6 is 0 Å². The summed E-state index contributed by atoms with van der Waals surface area (Å²) in [5, 5.41) is 23.5. The van der Waals surface area contributed by atoms with E-state index in [0.717, 1.165) is 23.0 Å². The second-order valence-corrected chi connectivity index (χ2v) is 4.07. The molecule has 0 aliphatic heterocycles. The van der Waals surface area contributed by atoms with Gasteiger partial charge in [0.25, 0.3) is 5.78 Å². The van der Waals surface area contributed by atoms with E-state index in [4.69, 9.17) is 4.74 Å². The number of hydrogen-bond acceptors (Lipinski definition) is 6. The van der Waals surface area contributed by atoms with Gasteiger partial charge < -0.3 is 14.9 Å². The molecule has 2 heterocycles. The molecule has 2 N–H and O–H groups in total. The Hall–Kier alpha value is -2.97. The van der Waals surface area contributed by atoms with Gasteiger partial charge in [-0.15, -0.1) is 0 Å². The molecule has 1 aromatic carbocycles. The number of fused-ring (bicyclic) bond motifs is 1. The standard InChI is InChI=1S/C12H8F2N4O3/c1-21-5-2-6(13)8(7(14)3-5)9-10(19)17-12-15-4-16-18(12)11(9)20/h2-4,20H,1H3,(H,15,16,17,19). The monoisotopic (exact) mass is 294 g/mol. The number of aromatic nitrogens is 4. The van der Waals surface area contributed by atoms with Crippen LogP contribution < -0.4 is 4.74 Å². The number of ether oxygens (including phenoxy) is 1. The van der Waals surface area contributed by atoms with E-state index in [2.05, 4.69) is 15.1 Å². The first-order chi connectivity index (χ1) is 10.0. The zero-order valence-corrected chi connectivity index (χ0v) is 10.6. The first-order valence-corrected chi connectivity index (χ1v) is 5.68. The summed E-state index contributed by atoms with van der Waals surface area (Å²) < 4.78 is 33.7. The number of aromatic hydroxyl groups is 2. The zero-order chi connectivity index (χ0) is 15.1. The van der Waals surface area contributed by atoms with E-state index in [-0.39, 0.29) is 11.5 Å². The van der Waals surface area contributed by atoms with Crippen molar-refractivity contribution in [2.45, 2.75) is 0 Å². The van der Waals surface area contributed by atoms with Gasteiger partial charge in [-0.25, -0.2) is 8.78 Å². The van der Waals surface area contributed by atoms with Crippen LogP contribution in [0.2, 0.25) is 0 Å². The molecule has 0 unspecified atom stereocenters. The van der Waals surface area contributed by atoms with E-state index in [1.165, 1.54) is 7.11 Å². The van der Waals surface area contributed by atoms with E-state index in [9.17, 15) is 19.0 Å². The summed E-state index contributed by atoms with van der Waals surface area (Å²) in [6.45, 7) is 0. The van der Waals surface area contributed by atoms with Gasteiger partial charge in [0, 0.05) is 12.1 Å². The van der Waals surface area contributed by atoms with Crippen molar-refractivity contribution in [3.8, 4) is 28.6 Å². The van der Waals surface area contributed by atoms with Gasteiger partial charge in [-0.05, 0) is 0 Å². The Balaban J connectivity index is 2.35. The highest BCUT2D eigenvalue weighted by Gasteiger charge is 2.24. The molecule has 2 aromatic heterocycles. The average molecular weight is 294 g/mol. The summed E-state index contributed by atoms with van der Waals surface area (Å²) in [4.78, 5) is 7.28. The highest BCUT2D eigenvalue weighted by Crippen LogP contribution is 2.39. The molecule has 3 rings (SSSR count). The minimum atomic E-state index is -1.03. The third-order valence-electron chi connectivity index (χ3n) is 2.88. The molecule has 3 aromatic rings. The summed E-state index contributed by atoms with van der Waals surface area (Å²) in [5.41, 5.74) is -1.17. The van der Waals surface area contributed by atoms with Crippen LogP contribution in [0, 0.1) is 11.6 Å². The lowest BCUT2D eigenvalue weighted by Gasteiger charge is -2.10. The van der Waals surface area contributed by atoms with Gasteiger partial charge in [0.05, 0.1) is 12.7 Å². The maximum atomic E-state index is 14.1. The first kappa shape index (κ1) is 13.0. The highest BCUT2D eigenvalue weighted by atomic mass is 19.1. The van der Waals surface area contributed by atoms with Crippen LogP contribution in [0.15, 0.2) is 18.5 Å². The molecular weight excluding hydrogens is 286 g/mol. The van der Waals surface area contributed by atoms with E-state index in [1.807, 2.05) is 0 Å². The summed E-state index contributed by atoms with van der Waals surface area (Å²) in [6.07, 6.45) is 1.08. The Bertz CT molecular complexity index is 827. The molecule has 0 amide bonds. The molecular formula is C12H8F2N4O3. The Morgan fingerprint density at radius 3 is 2.43 bits per heavy atom. The summed E-state index contributed by atoms with van der Waals surface area (Å²) in [7, 11) is 1.26. The van der Waals surface area contributed by atoms with Crippen LogP contribution in [0.5, 0.6) is 17.5 Å². The van der Waals surface area contributed by atoms with Gasteiger partial charge in [-0.3, -0.25) is 0 Å². The SMILES string of the molecule is COc1cc(F)c(-c2c(O)nc3ncnn3c2O)c(F)c1. The number of nitrogens with zero attached hydrogens (tertiary/aromatic N) is 4. The molecule has 0 radical (unpaired) electrons. The molecule has 0 fully saturated rings. The van der Waals surface area contributed by atoms with Crippen LogP contribution in [0.25, 0.3) is 16.9 Å². The van der Waals surface area contributed by atoms with Gasteiger partial charge in [-0.2, -0.15) is 19.6 Å². The molecule has 21 heavy (non-hydrogen) atoms. The largest absolute Gasteiger partial charge is 0.497 e. The Morgan fingerprint density at radius 2 is 1.81 bits per heavy atom. The summed E-state index contributed by atoms with van der Waals surface area (Å²) in [5.74, 6) is -3.66. The average Bonchev–Trinajstić information content (AvgIpc) is 2.89. The highest BCUT2D eigenvalue weighted by molar-refractivity contribution is 5.75. The number of benzene rings is 1. The van der Waals surface area contributed by atoms with Crippen LogP contribution in [-0.4, -0.2) is 36.9 Å². The number of rotatable bonds is 2. The van der Waals surface area contributed by atoms with Crippen molar-refractivity contribution in [3.05, 3.63) is 30.1 Å². The minimum absolute atomic E-state index is 0.0393. The fourth-order valence-corrected chi connectivity index (χ4v) is 1.95. The number of halogens is 2. The van der Waals surface area contributed by atoms with Crippen molar-refractivity contribution in [2.24, 2.45) is 0 Å². The minimum Gasteiger partial charge on any atom is -0.497 e. The molecule has 0 spiro atoms. The quantitative estimate of drug-likeness (QED) is 0.744. The van der Waals surface area contributed by atoms with E-state index in [0.29, 0.717) is 0 Å². The summed E-state index contributed by atoms with van der Waals surface area (Å²) >= 11 is 0. The van der Waals surface area contributed by atoms with Crippen molar-refractivity contribution in [1.29, 1.82) is 0 Å². The summed E-state index contributed by atoms with van der Waals surface area (Å²) in [6, 6.07) is 1.84. The Morgan fingerprint density at radius 1 is 1.14 bits per heavy atom. The van der Waals surface area contributed by atoms with Crippen LogP contribution in [0.1, 0.15) is 0 Å². The molecule has 0 saturated heterocycles. The van der Waals surface area contributed by atoms with Crippen molar-refractivity contribution in [1.82, 2.24) is 19.6 Å². The van der Waals surface area contributed by atoms with Crippen molar-refractivity contribution < 1.29 is 23.7 Å². The third kappa shape index (κ3) is 1.90. The van der Waals surface area contributed by atoms with Gasteiger partial charge in [-0.1, -0.05) is 0 Å². The maximum absolute atomic E-state index is 14.1. The normalized spacial score (nSPS) is 11.0. The van der Waals surface area contributed by atoms with Gasteiger partial charge in [0.15, 0.2) is 0 Å². The van der Waals surface area contributed by atoms with Gasteiger partial charge in [0.2, 0.25) is 11.8 Å². The molecule has 0 atom stereocenters. The fourth-order valence-electron chi connectivity index (χ4n) is 1.95. The lowest BCUT2D eigenvalue weighted by molar-refractivity contribution is 0.404. The predicted molar refractivity (Wildman–Crippen MR) is 66.0 cm³/mol. The van der Waals surface area contributed by atoms with Crippen LogP contribution in [0.3, 0.4) is 0 Å². The maximum Gasteiger partial charge on any atom is 0.258 e. The first-order valence-electron chi connectivity index (χ1n) is 5.68. The zero-order valence-electron chi connectivity index (χ0n) is 10.6. The van der Waals surface area contributed by atoms with E-state index >= 15 is 0 Å². The molecule has 108 valence electrons. The number of hydrogen-bond donors (Lipinski definition) is 2. The Kier molecular flexibility index (Phi) is 2.82. The van der Waals surface area contributed by atoms with Crippen molar-refractivity contribution in [3.63, 3.8) is 0 Å². The topological polar surface area (TPSA) is 92.8 Å². The molecule has 0 bridgehead atoms. The van der Waals surface area contributed by atoms with Crippen molar-refractivity contribution in [2.75, 3.05) is 7.11 Å². The van der Waals surface area contributed by atoms with E-state index in [1.54, 1.807) is 0 Å². The second kappa shape index (κ2) is 4.54. The number of methoxy groups -OCH3 is 1. The molecule has 0 aliphatic rings. The van der Waals surface area contributed by atoms with Crippen molar-refractivity contribution >= 4 is 5.78 Å². The molecule has 9 heteroatoms. The third-order valence-corrected chi connectivity index (χ3v) is 2.88. The van der Waals surface area contributed by atoms with E-state index < -0.39 is 34.5 Å². The lowest BCUT2D eigenvalue weighted by Crippen LogP contribution is -1.99. The second-order valence-electron chi connectivity index (χ2n) is 4.07. The molecule has 0 saturated carbocycles. The van der Waals surface area contributed by atoms with Gasteiger partial charge >= 0.3 is 0 Å². The molecule has 0 aliphatic carbocycles. The van der Waals surface area contributed by atoms with Gasteiger partial charge in [0.1, 0.15) is 29.3 Å². The fraction of sp³-hybridized carbons (Fsp3) is 0.0833. The molecule has 7 nitrogen and oxygen atoms in total. The smallest absolute Gasteiger partial charge is 0.258 e. The van der Waals surface area contributed by atoms with Crippen LogP contribution in [-0.2, 0) is 0 Å². The Labute approximate surface area is 116 Å². The predicted octanol–water partition coefficient (Wildman–Crippen LogP) is 1.49. The lowest BCUT2D eigenvalue weighted by atomic mass is 10.1. The van der Waals surface area contributed by atoms with Crippen LogP contribution in [0.4, 0.5) is 8.78 Å².